The molecule has 0 aromatic heterocycles. The van der Waals surface area contributed by atoms with E-state index >= 15 is 0 Å². The lowest BCUT2D eigenvalue weighted by atomic mass is 10.1. The summed E-state index contributed by atoms with van der Waals surface area (Å²) in [6.45, 7) is 4.57. The topological polar surface area (TPSA) is 102 Å². The number of ether oxygens (including phenoxy) is 1. The van der Waals surface area contributed by atoms with E-state index in [4.69, 9.17) is 4.74 Å². The van der Waals surface area contributed by atoms with E-state index in [9.17, 15) is 18.5 Å². The van der Waals surface area contributed by atoms with Crippen molar-refractivity contribution in [2.45, 2.75) is 18.0 Å². The lowest BCUT2D eigenvalue weighted by Crippen LogP contribution is -2.35. The normalized spacial score (nSPS) is 15.3. The molecule has 0 aliphatic carbocycles. The van der Waals surface area contributed by atoms with Crippen LogP contribution in [0, 0.1) is 10.1 Å². The van der Waals surface area contributed by atoms with Gasteiger partial charge in [-0.3, -0.25) is 15.0 Å². The van der Waals surface area contributed by atoms with Crippen molar-refractivity contribution in [2.75, 3.05) is 37.9 Å². The van der Waals surface area contributed by atoms with Crippen LogP contribution in [0.25, 0.3) is 0 Å². The summed E-state index contributed by atoms with van der Waals surface area (Å²) in [7, 11) is -3.70. The van der Waals surface area contributed by atoms with Gasteiger partial charge in [0.25, 0.3) is 0 Å². The summed E-state index contributed by atoms with van der Waals surface area (Å²) < 4.78 is 29.0. The largest absolute Gasteiger partial charge is 0.379 e. The molecule has 1 aliphatic rings. The van der Waals surface area contributed by atoms with Gasteiger partial charge in [0.05, 0.1) is 18.1 Å². The molecule has 0 spiro atoms. The number of rotatable bonds is 7. The number of nitrogens with one attached hydrogen (secondary N) is 1. The van der Waals surface area contributed by atoms with Gasteiger partial charge < -0.3 is 10.1 Å². The average Bonchev–Trinajstić information content (AvgIpc) is 2.67. The Morgan fingerprint density at radius 1 is 1.11 bits per heavy atom. The third kappa shape index (κ3) is 5.06. The van der Waals surface area contributed by atoms with Crippen LogP contribution in [-0.2, 0) is 27.7 Å². The predicted octanol–water partition coefficient (Wildman–Crippen LogP) is 2.44. The Morgan fingerprint density at radius 3 is 2.36 bits per heavy atom. The SMILES string of the molecule is CS(=O)(=O)c1cccc(NCc2ccc(CN3CCOCC3)cc2)c1[N+](=O)[O-]. The number of benzene rings is 2. The van der Waals surface area contributed by atoms with E-state index in [0.29, 0.717) is 6.54 Å². The highest BCUT2D eigenvalue weighted by Crippen LogP contribution is 2.32. The van der Waals surface area contributed by atoms with E-state index in [1.165, 1.54) is 23.8 Å². The summed E-state index contributed by atoms with van der Waals surface area (Å²) in [6.07, 6.45) is 0.965. The zero-order chi connectivity index (χ0) is 20.1. The summed E-state index contributed by atoms with van der Waals surface area (Å²) in [4.78, 5) is 12.8. The first-order valence-electron chi connectivity index (χ1n) is 8.94. The number of morpholine rings is 1. The molecule has 0 atom stereocenters. The maximum atomic E-state index is 11.8. The first-order valence-corrected chi connectivity index (χ1v) is 10.8. The summed E-state index contributed by atoms with van der Waals surface area (Å²) in [5.74, 6) is 0. The fourth-order valence-corrected chi connectivity index (χ4v) is 3.99. The number of nitro groups is 1. The van der Waals surface area contributed by atoms with Crippen LogP contribution in [0.15, 0.2) is 47.4 Å². The van der Waals surface area contributed by atoms with Crippen molar-refractivity contribution in [1.82, 2.24) is 4.90 Å². The van der Waals surface area contributed by atoms with E-state index in [1.54, 1.807) is 0 Å². The lowest BCUT2D eigenvalue weighted by molar-refractivity contribution is -0.386. The molecular weight excluding hydrogens is 382 g/mol. The number of nitro benzene ring substituents is 1. The minimum atomic E-state index is -3.70. The Morgan fingerprint density at radius 2 is 1.75 bits per heavy atom. The maximum absolute atomic E-state index is 11.8. The van der Waals surface area contributed by atoms with Crippen molar-refractivity contribution in [3.05, 3.63) is 63.7 Å². The van der Waals surface area contributed by atoms with Gasteiger partial charge in [0.1, 0.15) is 10.6 Å². The number of sulfone groups is 1. The van der Waals surface area contributed by atoms with Crippen LogP contribution in [0.3, 0.4) is 0 Å². The quantitative estimate of drug-likeness (QED) is 0.557. The molecule has 0 radical (unpaired) electrons. The first-order chi connectivity index (χ1) is 13.3. The van der Waals surface area contributed by atoms with Crippen LogP contribution in [0.5, 0.6) is 0 Å². The van der Waals surface area contributed by atoms with Gasteiger partial charge >= 0.3 is 5.69 Å². The Bertz CT molecular complexity index is 939. The third-order valence-electron chi connectivity index (χ3n) is 4.60. The van der Waals surface area contributed by atoms with E-state index in [0.717, 1.165) is 44.7 Å². The van der Waals surface area contributed by atoms with E-state index in [-0.39, 0.29) is 10.6 Å². The highest BCUT2D eigenvalue weighted by atomic mass is 32.2. The van der Waals surface area contributed by atoms with Crippen LogP contribution in [-0.4, -0.2) is 50.8 Å². The predicted molar refractivity (Wildman–Crippen MR) is 106 cm³/mol. The highest BCUT2D eigenvalue weighted by Gasteiger charge is 2.25. The van der Waals surface area contributed by atoms with Crippen molar-refractivity contribution >= 4 is 21.2 Å². The second-order valence-electron chi connectivity index (χ2n) is 6.74. The zero-order valence-corrected chi connectivity index (χ0v) is 16.4. The van der Waals surface area contributed by atoms with Gasteiger partial charge in [0.2, 0.25) is 0 Å². The van der Waals surface area contributed by atoms with Crippen LogP contribution < -0.4 is 5.32 Å². The average molecular weight is 405 g/mol. The molecule has 3 rings (SSSR count). The lowest BCUT2D eigenvalue weighted by Gasteiger charge is -2.26. The van der Waals surface area contributed by atoms with E-state index in [1.807, 2.05) is 24.3 Å². The fourth-order valence-electron chi connectivity index (χ4n) is 3.13. The summed E-state index contributed by atoms with van der Waals surface area (Å²) >= 11 is 0. The van der Waals surface area contributed by atoms with Gasteiger partial charge in [-0.1, -0.05) is 30.3 Å². The Labute approximate surface area is 164 Å². The fraction of sp³-hybridized carbons (Fsp3) is 0.368. The Hall–Kier alpha value is -2.49. The summed E-state index contributed by atoms with van der Waals surface area (Å²) in [5, 5.41) is 14.4. The molecule has 0 bridgehead atoms. The van der Waals surface area contributed by atoms with Gasteiger partial charge in [-0.05, 0) is 23.3 Å². The van der Waals surface area contributed by atoms with Gasteiger partial charge in [0, 0.05) is 32.4 Å². The van der Waals surface area contributed by atoms with Crippen LogP contribution in [0.4, 0.5) is 11.4 Å². The van der Waals surface area contributed by atoms with E-state index < -0.39 is 20.4 Å². The van der Waals surface area contributed by atoms with Gasteiger partial charge in [0.15, 0.2) is 9.84 Å². The minimum Gasteiger partial charge on any atom is -0.379 e. The number of hydrogen-bond donors (Lipinski definition) is 1. The van der Waals surface area contributed by atoms with E-state index in [2.05, 4.69) is 10.2 Å². The highest BCUT2D eigenvalue weighted by molar-refractivity contribution is 7.90. The number of para-hydroxylation sites is 1. The van der Waals surface area contributed by atoms with Crippen molar-refractivity contribution in [2.24, 2.45) is 0 Å². The summed E-state index contributed by atoms with van der Waals surface area (Å²) in [6, 6.07) is 12.3. The zero-order valence-electron chi connectivity index (χ0n) is 15.6. The summed E-state index contributed by atoms with van der Waals surface area (Å²) in [5.41, 5.74) is 1.90. The molecule has 0 amide bonds. The van der Waals surface area contributed by atoms with Gasteiger partial charge in [-0.25, -0.2) is 8.42 Å². The molecule has 1 fully saturated rings. The number of nitrogens with zero attached hydrogens (tertiary/aromatic N) is 2. The molecule has 1 heterocycles. The van der Waals surface area contributed by atoms with Crippen molar-refractivity contribution in [3.63, 3.8) is 0 Å². The standard InChI is InChI=1S/C19H23N3O5S/c1-28(25,26)18-4-2-3-17(19(18)22(23)24)20-13-15-5-7-16(8-6-15)14-21-9-11-27-12-10-21/h2-8,20H,9-14H2,1H3. The smallest absolute Gasteiger partial charge is 0.310 e. The molecule has 0 unspecified atom stereocenters. The second kappa shape index (κ2) is 8.68. The Kier molecular flexibility index (Phi) is 6.28. The maximum Gasteiger partial charge on any atom is 0.310 e. The molecule has 1 N–H and O–H groups in total. The molecule has 9 heteroatoms. The molecule has 2 aromatic carbocycles. The third-order valence-corrected chi connectivity index (χ3v) is 5.73. The molecule has 2 aromatic rings. The molecule has 28 heavy (non-hydrogen) atoms. The van der Waals surface area contributed by atoms with Crippen molar-refractivity contribution in [1.29, 1.82) is 0 Å². The van der Waals surface area contributed by atoms with Gasteiger partial charge in [-0.2, -0.15) is 0 Å². The van der Waals surface area contributed by atoms with Gasteiger partial charge in [-0.15, -0.1) is 0 Å². The molecule has 0 saturated carbocycles. The number of hydrogen-bond acceptors (Lipinski definition) is 7. The first kappa shape index (κ1) is 20.2. The number of anilines is 1. The monoisotopic (exact) mass is 405 g/mol. The van der Waals surface area contributed by atoms with Crippen LogP contribution >= 0.6 is 0 Å². The molecule has 8 nitrogen and oxygen atoms in total. The molecule has 1 aliphatic heterocycles. The van der Waals surface area contributed by atoms with Crippen molar-refractivity contribution in [3.8, 4) is 0 Å². The molecule has 1 saturated heterocycles. The second-order valence-corrected chi connectivity index (χ2v) is 8.72. The molecular formula is C19H23N3O5S. The van der Waals surface area contributed by atoms with Crippen LogP contribution in [0.1, 0.15) is 11.1 Å². The Balaban J connectivity index is 1.69. The molecule has 150 valence electrons. The van der Waals surface area contributed by atoms with Crippen LogP contribution in [0.2, 0.25) is 0 Å². The minimum absolute atomic E-state index is 0.185. The van der Waals surface area contributed by atoms with Crippen molar-refractivity contribution < 1.29 is 18.1 Å².